The van der Waals surface area contributed by atoms with Crippen LogP contribution in [0.2, 0.25) is 0 Å². The molecule has 3 rings (SSSR count). The van der Waals surface area contributed by atoms with E-state index in [1.165, 1.54) is 6.26 Å². The molecular formula is C16H24N4O2S. The molecule has 0 amide bonds. The number of benzene rings is 1. The minimum atomic E-state index is -3.08. The standard InChI is InChI=1S/C16H24N4O2S/c1-12-11-20(23(3,21)22)9-8-13(12)17-10-16-18-14-6-4-5-7-15(14)19(16)2/h4-7,12-13,17H,8-11H2,1-3H3/t12-,13+/m1/s1. The summed E-state index contributed by atoms with van der Waals surface area (Å²) >= 11 is 0. The molecule has 0 spiro atoms. The zero-order chi connectivity index (χ0) is 16.6. The lowest BCUT2D eigenvalue weighted by Crippen LogP contribution is -2.49. The van der Waals surface area contributed by atoms with Crippen LogP contribution < -0.4 is 5.32 Å². The van der Waals surface area contributed by atoms with Crippen LogP contribution >= 0.6 is 0 Å². The Labute approximate surface area is 137 Å². The van der Waals surface area contributed by atoms with Crippen molar-refractivity contribution in [1.82, 2.24) is 19.2 Å². The van der Waals surface area contributed by atoms with Crippen LogP contribution in [-0.2, 0) is 23.6 Å². The summed E-state index contributed by atoms with van der Waals surface area (Å²) in [6.45, 7) is 3.96. The predicted molar refractivity (Wildman–Crippen MR) is 91.5 cm³/mol. The van der Waals surface area contributed by atoms with Crippen molar-refractivity contribution >= 4 is 21.1 Å². The maximum absolute atomic E-state index is 11.7. The molecule has 2 atom stereocenters. The van der Waals surface area contributed by atoms with Crippen LogP contribution in [0.15, 0.2) is 24.3 Å². The third-order valence-electron chi connectivity index (χ3n) is 4.74. The first kappa shape index (κ1) is 16.4. The van der Waals surface area contributed by atoms with E-state index in [9.17, 15) is 8.42 Å². The molecule has 1 aliphatic rings. The van der Waals surface area contributed by atoms with Gasteiger partial charge in [-0.1, -0.05) is 19.1 Å². The first-order valence-electron chi connectivity index (χ1n) is 7.95. The molecule has 1 aliphatic heterocycles. The van der Waals surface area contributed by atoms with Gasteiger partial charge < -0.3 is 9.88 Å². The maximum Gasteiger partial charge on any atom is 0.211 e. The van der Waals surface area contributed by atoms with Gasteiger partial charge in [0.15, 0.2) is 0 Å². The van der Waals surface area contributed by atoms with Crippen molar-refractivity contribution in [3.05, 3.63) is 30.1 Å². The van der Waals surface area contributed by atoms with Gasteiger partial charge in [0.2, 0.25) is 10.0 Å². The molecule has 6 nitrogen and oxygen atoms in total. The number of para-hydroxylation sites is 2. The predicted octanol–water partition coefficient (Wildman–Crippen LogP) is 1.33. The molecule has 7 heteroatoms. The Bertz CT molecular complexity index is 800. The normalized spacial score (nSPS) is 23.4. The Balaban J connectivity index is 1.65. The zero-order valence-corrected chi connectivity index (χ0v) is 14.7. The fraction of sp³-hybridized carbons (Fsp3) is 0.562. The topological polar surface area (TPSA) is 67.2 Å². The van der Waals surface area contributed by atoms with Gasteiger partial charge in [0.25, 0.3) is 0 Å². The van der Waals surface area contributed by atoms with Gasteiger partial charge in [-0.3, -0.25) is 0 Å². The summed E-state index contributed by atoms with van der Waals surface area (Å²) in [4.78, 5) is 4.67. The van der Waals surface area contributed by atoms with Crippen LogP contribution in [0, 0.1) is 5.92 Å². The van der Waals surface area contributed by atoms with E-state index in [1.807, 2.05) is 25.2 Å². The Kier molecular flexibility index (Phi) is 4.44. The number of nitrogens with zero attached hydrogens (tertiary/aromatic N) is 3. The van der Waals surface area contributed by atoms with Crippen LogP contribution in [0.3, 0.4) is 0 Å². The third kappa shape index (κ3) is 3.41. The molecule has 1 saturated heterocycles. The Morgan fingerprint density at radius 2 is 2.09 bits per heavy atom. The Morgan fingerprint density at radius 1 is 1.35 bits per heavy atom. The summed E-state index contributed by atoms with van der Waals surface area (Å²) in [7, 11) is -1.05. The van der Waals surface area contributed by atoms with E-state index in [1.54, 1.807) is 4.31 Å². The molecule has 0 saturated carbocycles. The highest BCUT2D eigenvalue weighted by atomic mass is 32.2. The zero-order valence-electron chi connectivity index (χ0n) is 13.9. The number of hydrogen-bond donors (Lipinski definition) is 1. The second-order valence-corrected chi connectivity index (χ2v) is 8.43. The van der Waals surface area contributed by atoms with Crippen LogP contribution in [0.5, 0.6) is 0 Å². The van der Waals surface area contributed by atoms with Gasteiger partial charge in [-0.05, 0) is 24.5 Å². The molecule has 0 unspecified atom stereocenters. The average molecular weight is 336 g/mol. The number of rotatable bonds is 4. The lowest BCUT2D eigenvalue weighted by atomic mass is 9.95. The first-order chi connectivity index (χ1) is 10.9. The largest absolute Gasteiger partial charge is 0.330 e. The van der Waals surface area contributed by atoms with Gasteiger partial charge in [-0.25, -0.2) is 17.7 Å². The molecule has 0 radical (unpaired) electrons. The van der Waals surface area contributed by atoms with E-state index in [0.717, 1.165) is 23.3 Å². The number of aryl methyl sites for hydroxylation is 1. The number of nitrogens with one attached hydrogen (secondary N) is 1. The monoisotopic (exact) mass is 336 g/mol. The highest BCUT2D eigenvalue weighted by Gasteiger charge is 2.30. The Hall–Kier alpha value is -1.44. The fourth-order valence-electron chi connectivity index (χ4n) is 3.29. The second-order valence-electron chi connectivity index (χ2n) is 6.45. The minimum Gasteiger partial charge on any atom is -0.330 e. The molecule has 23 heavy (non-hydrogen) atoms. The van der Waals surface area contributed by atoms with Crippen LogP contribution in [0.4, 0.5) is 0 Å². The van der Waals surface area contributed by atoms with Crippen molar-refractivity contribution in [2.75, 3.05) is 19.3 Å². The number of hydrogen-bond acceptors (Lipinski definition) is 4. The van der Waals surface area contributed by atoms with Crippen LogP contribution in [0.25, 0.3) is 11.0 Å². The summed E-state index contributed by atoms with van der Waals surface area (Å²) in [5.41, 5.74) is 2.14. The fourth-order valence-corrected chi connectivity index (χ4v) is 4.23. The van der Waals surface area contributed by atoms with Crippen molar-refractivity contribution < 1.29 is 8.42 Å². The number of fused-ring (bicyclic) bond motifs is 1. The highest BCUT2D eigenvalue weighted by Crippen LogP contribution is 2.20. The molecule has 1 fully saturated rings. The summed E-state index contributed by atoms with van der Waals surface area (Å²) in [6, 6.07) is 8.41. The van der Waals surface area contributed by atoms with E-state index in [2.05, 4.69) is 27.9 Å². The van der Waals surface area contributed by atoms with Gasteiger partial charge in [0, 0.05) is 26.2 Å². The van der Waals surface area contributed by atoms with Crippen LogP contribution in [-0.4, -0.2) is 47.7 Å². The number of sulfonamides is 1. The third-order valence-corrected chi connectivity index (χ3v) is 6.01. The molecule has 1 aromatic heterocycles. The lowest BCUT2D eigenvalue weighted by molar-refractivity contribution is 0.219. The lowest BCUT2D eigenvalue weighted by Gasteiger charge is -2.36. The number of imidazole rings is 1. The quantitative estimate of drug-likeness (QED) is 0.915. The molecule has 126 valence electrons. The van der Waals surface area contributed by atoms with Crippen molar-refractivity contribution in [1.29, 1.82) is 0 Å². The number of piperidine rings is 1. The molecule has 0 bridgehead atoms. The van der Waals surface area contributed by atoms with Gasteiger partial charge in [-0.2, -0.15) is 0 Å². The van der Waals surface area contributed by atoms with Gasteiger partial charge in [-0.15, -0.1) is 0 Å². The molecule has 0 aliphatic carbocycles. The van der Waals surface area contributed by atoms with E-state index < -0.39 is 10.0 Å². The average Bonchev–Trinajstić information content (AvgIpc) is 2.82. The van der Waals surface area contributed by atoms with Crippen molar-refractivity contribution in [3.63, 3.8) is 0 Å². The smallest absolute Gasteiger partial charge is 0.211 e. The highest BCUT2D eigenvalue weighted by molar-refractivity contribution is 7.88. The van der Waals surface area contributed by atoms with Gasteiger partial charge in [0.1, 0.15) is 5.82 Å². The van der Waals surface area contributed by atoms with Gasteiger partial charge >= 0.3 is 0 Å². The van der Waals surface area contributed by atoms with Crippen molar-refractivity contribution in [2.45, 2.75) is 25.9 Å². The molecular weight excluding hydrogens is 312 g/mol. The van der Waals surface area contributed by atoms with Gasteiger partial charge in [0.05, 0.1) is 23.8 Å². The molecule has 1 N–H and O–H groups in total. The Morgan fingerprint density at radius 3 is 2.74 bits per heavy atom. The molecule has 2 heterocycles. The van der Waals surface area contributed by atoms with Crippen molar-refractivity contribution in [2.24, 2.45) is 13.0 Å². The summed E-state index contributed by atoms with van der Waals surface area (Å²) in [5.74, 6) is 1.29. The van der Waals surface area contributed by atoms with E-state index >= 15 is 0 Å². The van der Waals surface area contributed by atoms with E-state index in [-0.39, 0.29) is 5.92 Å². The van der Waals surface area contributed by atoms with Crippen molar-refractivity contribution in [3.8, 4) is 0 Å². The molecule has 1 aromatic carbocycles. The SMILES string of the molecule is C[C@@H]1CN(S(C)(=O)=O)CC[C@@H]1NCc1nc2ccccc2n1C. The maximum atomic E-state index is 11.7. The first-order valence-corrected chi connectivity index (χ1v) is 9.80. The second kappa shape index (κ2) is 6.22. The van der Waals surface area contributed by atoms with E-state index in [0.29, 0.717) is 25.7 Å². The summed E-state index contributed by atoms with van der Waals surface area (Å²) in [6.07, 6.45) is 2.12. The van der Waals surface area contributed by atoms with Crippen LogP contribution in [0.1, 0.15) is 19.2 Å². The summed E-state index contributed by atoms with van der Waals surface area (Å²) in [5, 5.41) is 3.56. The van der Waals surface area contributed by atoms with E-state index in [4.69, 9.17) is 0 Å². The summed E-state index contributed by atoms with van der Waals surface area (Å²) < 4.78 is 27.0. The number of aromatic nitrogens is 2. The molecule has 2 aromatic rings. The minimum absolute atomic E-state index is 0.285.